The Labute approximate surface area is 173 Å². The highest BCUT2D eigenvalue weighted by Crippen LogP contribution is 2.21. The van der Waals surface area contributed by atoms with E-state index in [9.17, 15) is 9.90 Å². The lowest BCUT2D eigenvalue weighted by Gasteiger charge is -2.11. The quantitative estimate of drug-likeness (QED) is 0.530. The average molecular weight is 402 g/mol. The second kappa shape index (κ2) is 7.90. The van der Waals surface area contributed by atoms with Gasteiger partial charge in [-0.3, -0.25) is 4.79 Å². The summed E-state index contributed by atoms with van der Waals surface area (Å²) >= 11 is 0. The Kier molecular flexibility index (Phi) is 5.14. The van der Waals surface area contributed by atoms with Crippen molar-refractivity contribution in [3.63, 3.8) is 0 Å². The van der Waals surface area contributed by atoms with E-state index in [0.29, 0.717) is 29.9 Å². The highest BCUT2D eigenvalue weighted by molar-refractivity contribution is 5.90. The van der Waals surface area contributed by atoms with Crippen LogP contribution in [0.25, 0.3) is 17.0 Å². The van der Waals surface area contributed by atoms with Crippen LogP contribution in [0.2, 0.25) is 0 Å². The van der Waals surface area contributed by atoms with Crippen molar-refractivity contribution in [2.45, 2.75) is 33.6 Å². The zero-order valence-corrected chi connectivity index (χ0v) is 17.0. The Balaban J connectivity index is 1.42. The minimum atomic E-state index is -0.126. The SMILES string of the molecule is Cc1cc2nc(C)c(CCC(=O)Nc3cnc(-c4cccc(O)c4)nc3)c(C)n2n1. The molecule has 0 spiro atoms. The molecule has 0 unspecified atom stereocenters. The number of nitrogens with zero attached hydrogens (tertiary/aromatic N) is 5. The summed E-state index contributed by atoms with van der Waals surface area (Å²) < 4.78 is 1.82. The molecule has 4 aromatic rings. The molecule has 4 rings (SSSR count). The number of hydrogen-bond acceptors (Lipinski definition) is 6. The fraction of sp³-hybridized carbons (Fsp3) is 0.227. The van der Waals surface area contributed by atoms with Crippen LogP contribution in [0.3, 0.4) is 0 Å². The minimum Gasteiger partial charge on any atom is -0.508 e. The predicted octanol–water partition coefficient (Wildman–Crippen LogP) is 3.39. The van der Waals surface area contributed by atoms with Gasteiger partial charge in [0, 0.05) is 29.4 Å². The number of aromatic hydroxyl groups is 1. The number of hydrogen-bond donors (Lipinski definition) is 2. The molecule has 3 heterocycles. The van der Waals surface area contributed by atoms with Crippen molar-refractivity contribution in [1.82, 2.24) is 24.6 Å². The number of benzene rings is 1. The van der Waals surface area contributed by atoms with Crippen LogP contribution in [0.4, 0.5) is 5.69 Å². The van der Waals surface area contributed by atoms with Gasteiger partial charge in [0.2, 0.25) is 5.91 Å². The van der Waals surface area contributed by atoms with Crippen LogP contribution in [0.5, 0.6) is 5.75 Å². The second-order valence-electron chi connectivity index (χ2n) is 7.21. The molecule has 0 fully saturated rings. The summed E-state index contributed by atoms with van der Waals surface area (Å²) in [6.07, 6.45) is 3.98. The topological polar surface area (TPSA) is 105 Å². The molecule has 8 heteroatoms. The third-order valence-corrected chi connectivity index (χ3v) is 4.93. The molecule has 30 heavy (non-hydrogen) atoms. The molecule has 2 N–H and O–H groups in total. The molecule has 8 nitrogen and oxygen atoms in total. The van der Waals surface area contributed by atoms with E-state index in [2.05, 4.69) is 25.4 Å². The summed E-state index contributed by atoms with van der Waals surface area (Å²) in [6.45, 7) is 5.89. The largest absolute Gasteiger partial charge is 0.508 e. The third kappa shape index (κ3) is 3.98. The van der Waals surface area contributed by atoms with E-state index >= 15 is 0 Å². The normalized spacial score (nSPS) is 11.0. The van der Waals surface area contributed by atoms with Gasteiger partial charge in [-0.15, -0.1) is 0 Å². The maximum Gasteiger partial charge on any atom is 0.224 e. The molecule has 0 atom stereocenters. The average Bonchev–Trinajstić information content (AvgIpc) is 3.08. The van der Waals surface area contributed by atoms with Gasteiger partial charge < -0.3 is 10.4 Å². The first-order valence-corrected chi connectivity index (χ1v) is 9.64. The molecule has 3 aromatic heterocycles. The third-order valence-electron chi connectivity index (χ3n) is 4.93. The molecule has 152 valence electrons. The molecule has 0 bridgehead atoms. The van der Waals surface area contributed by atoms with Crippen LogP contribution < -0.4 is 5.32 Å². The van der Waals surface area contributed by atoms with E-state index < -0.39 is 0 Å². The second-order valence-corrected chi connectivity index (χ2v) is 7.21. The maximum absolute atomic E-state index is 12.4. The molecule has 0 aliphatic heterocycles. The number of carbonyl (C=O) groups excluding carboxylic acids is 1. The molecular weight excluding hydrogens is 380 g/mol. The minimum absolute atomic E-state index is 0.126. The molecule has 1 aromatic carbocycles. The summed E-state index contributed by atoms with van der Waals surface area (Å²) in [6, 6.07) is 8.65. The predicted molar refractivity (Wildman–Crippen MR) is 113 cm³/mol. The number of anilines is 1. The molecule has 0 saturated heterocycles. The number of fused-ring (bicyclic) bond motifs is 1. The van der Waals surface area contributed by atoms with Crippen molar-refractivity contribution < 1.29 is 9.90 Å². The van der Waals surface area contributed by atoms with Gasteiger partial charge in [-0.25, -0.2) is 19.5 Å². The van der Waals surface area contributed by atoms with Crippen molar-refractivity contribution in [3.05, 3.63) is 65.4 Å². The molecule has 0 aliphatic rings. The fourth-order valence-corrected chi connectivity index (χ4v) is 3.45. The Morgan fingerprint density at radius 3 is 2.63 bits per heavy atom. The Bertz CT molecular complexity index is 1230. The van der Waals surface area contributed by atoms with Crippen LogP contribution in [0, 0.1) is 20.8 Å². The standard InChI is InChI=1S/C22H22N6O2/c1-13-9-20-25-14(2)19(15(3)28(20)27-13)7-8-21(30)26-17-11-23-22(24-12-17)16-5-4-6-18(29)10-16/h4-6,9-12,29H,7-8H2,1-3H3,(H,26,30). The Hall–Kier alpha value is -3.81. The van der Waals surface area contributed by atoms with E-state index in [-0.39, 0.29) is 11.7 Å². The van der Waals surface area contributed by atoms with Crippen molar-refractivity contribution >= 4 is 17.2 Å². The molecular formula is C22H22N6O2. The summed E-state index contributed by atoms with van der Waals surface area (Å²) in [4.78, 5) is 25.6. The van der Waals surface area contributed by atoms with Gasteiger partial charge in [0.25, 0.3) is 0 Å². The summed E-state index contributed by atoms with van der Waals surface area (Å²) in [5.74, 6) is 0.500. The summed E-state index contributed by atoms with van der Waals surface area (Å²) in [7, 11) is 0. The van der Waals surface area contributed by atoms with Crippen LogP contribution in [0.15, 0.2) is 42.7 Å². The number of carbonyl (C=O) groups is 1. The highest BCUT2D eigenvalue weighted by atomic mass is 16.3. The summed E-state index contributed by atoms with van der Waals surface area (Å²) in [5, 5.41) is 16.9. The fourth-order valence-electron chi connectivity index (χ4n) is 3.45. The first kappa shape index (κ1) is 19.5. The number of phenols is 1. The van der Waals surface area contributed by atoms with Crippen molar-refractivity contribution in [2.75, 3.05) is 5.32 Å². The number of nitrogens with one attached hydrogen (secondary N) is 1. The zero-order valence-electron chi connectivity index (χ0n) is 17.0. The van der Waals surface area contributed by atoms with E-state index in [4.69, 9.17) is 0 Å². The highest BCUT2D eigenvalue weighted by Gasteiger charge is 2.13. The molecule has 0 saturated carbocycles. The first-order valence-electron chi connectivity index (χ1n) is 9.64. The summed E-state index contributed by atoms with van der Waals surface area (Å²) in [5.41, 5.74) is 5.89. The van der Waals surface area contributed by atoms with E-state index in [1.807, 2.05) is 37.4 Å². The first-order chi connectivity index (χ1) is 14.4. The van der Waals surface area contributed by atoms with Gasteiger partial charge in [-0.1, -0.05) is 12.1 Å². The van der Waals surface area contributed by atoms with Crippen molar-refractivity contribution in [1.29, 1.82) is 0 Å². The lowest BCUT2D eigenvalue weighted by atomic mass is 10.1. The van der Waals surface area contributed by atoms with Gasteiger partial charge in [0.1, 0.15) is 5.75 Å². The van der Waals surface area contributed by atoms with Crippen LogP contribution in [0.1, 0.15) is 29.1 Å². The van der Waals surface area contributed by atoms with Gasteiger partial charge in [-0.2, -0.15) is 5.10 Å². The van der Waals surface area contributed by atoms with Crippen LogP contribution >= 0.6 is 0 Å². The van der Waals surface area contributed by atoms with Gasteiger partial charge in [-0.05, 0) is 44.9 Å². The zero-order chi connectivity index (χ0) is 21.3. The van der Waals surface area contributed by atoms with Crippen molar-refractivity contribution in [3.8, 4) is 17.1 Å². The monoisotopic (exact) mass is 402 g/mol. The molecule has 0 radical (unpaired) electrons. The Morgan fingerprint density at radius 2 is 1.90 bits per heavy atom. The number of rotatable bonds is 5. The Morgan fingerprint density at radius 1 is 1.13 bits per heavy atom. The lowest BCUT2D eigenvalue weighted by molar-refractivity contribution is -0.116. The van der Waals surface area contributed by atoms with Gasteiger partial charge in [0.15, 0.2) is 11.5 Å². The number of phenolic OH excluding ortho intramolecular Hbond substituents is 1. The molecule has 1 amide bonds. The smallest absolute Gasteiger partial charge is 0.224 e. The van der Waals surface area contributed by atoms with E-state index in [1.165, 1.54) is 0 Å². The van der Waals surface area contributed by atoms with Crippen LogP contribution in [-0.4, -0.2) is 35.6 Å². The van der Waals surface area contributed by atoms with Gasteiger partial charge in [0.05, 0.1) is 23.8 Å². The van der Waals surface area contributed by atoms with E-state index in [1.54, 1.807) is 30.6 Å². The maximum atomic E-state index is 12.4. The number of aromatic nitrogens is 5. The van der Waals surface area contributed by atoms with Gasteiger partial charge >= 0.3 is 0 Å². The lowest BCUT2D eigenvalue weighted by Crippen LogP contribution is -2.14. The number of aryl methyl sites for hydroxylation is 3. The van der Waals surface area contributed by atoms with Crippen LogP contribution in [-0.2, 0) is 11.2 Å². The molecule has 0 aliphatic carbocycles. The van der Waals surface area contributed by atoms with Crippen molar-refractivity contribution in [2.24, 2.45) is 0 Å². The number of amides is 1. The van der Waals surface area contributed by atoms with E-state index in [0.717, 1.165) is 28.3 Å².